The largest absolute Gasteiger partial charge is 0.500 e. The molecule has 43 heavy (non-hydrogen) atoms. The summed E-state index contributed by atoms with van der Waals surface area (Å²) in [6.07, 6.45) is 34.4. The van der Waals surface area contributed by atoms with E-state index in [2.05, 4.69) is 17.6 Å². The van der Waals surface area contributed by atoms with Crippen LogP contribution >= 0.6 is 0 Å². The molecule has 2 N–H and O–H groups in total. The Morgan fingerprint density at radius 2 is 0.698 bits per heavy atom. The van der Waals surface area contributed by atoms with E-state index < -0.39 is 8.80 Å². The zero-order valence-corrected chi connectivity index (χ0v) is 30.6. The Balaban J connectivity index is 3.35. The lowest BCUT2D eigenvalue weighted by atomic mass is 10.0. The molecule has 0 rings (SSSR count). The summed E-state index contributed by atoms with van der Waals surface area (Å²) in [5.74, 6) is 0. The van der Waals surface area contributed by atoms with Crippen molar-refractivity contribution < 1.29 is 18.1 Å². The average molecular weight is 629 g/mol. The van der Waals surface area contributed by atoms with Gasteiger partial charge in [0, 0.05) is 39.0 Å². The summed E-state index contributed by atoms with van der Waals surface area (Å²) in [7, 11) is -2.61. The molecule has 0 bridgehead atoms. The summed E-state index contributed by atoms with van der Waals surface area (Å²) in [5.41, 5.74) is 0. The Bertz CT molecular complexity index is 550. The highest BCUT2D eigenvalue weighted by Gasteiger charge is 2.39. The molecule has 0 aliphatic carbocycles. The highest BCUT2D eigenvalue weighted by molar-refractivity contribution is 6.60. The van der Waals surface area contributed by atoms with Crippen LogP contribution in [0.5, 0.6) is 0 Å². The first-order valence-corrected chi connectivity index (χ1v) is 21.0. The van der Waals surface area contributed by atoms with Crippen LogP contribution in [-0.2, 0) is 13.3 Å². The number of nitrogens with one attached hydrogen (secondary N) is 2. The van der Waals surface area contributed by atoms with Gasteiger partial charge < -0.3 is 23.9 Å². The zero-order chi connectivity index (χ0) is 31.5. The predicted molar refractivity (Wildman–Crippen MR) is 188 cm³/mol. The molecule has 0 fully saturated rings. The number of hydrogen-bond acceptors (Lipinski definition) is 4. The second-order valence-corrected chi connectivity index (χ2v) is 15.1. The monoisotopic (exact) mass is 629 g/mol. The zero-order valence-electron chi connectivity index (χ0n) is 29.6. The van der Waals surface area contributed by atoms with Gasteiger partial charge in [-0.05, 0) is 33.6 Å². The van der Waals surface area contributed by atoms with Crippen molar-refractivity contribution in [3.05, 3.63) is 0 Å². The van der Waals surface area contributed by atoms with E-state index in [1.165, 1.54) is 148 Å². The molecular weight excluding hydrogens is 552 g/mol. The average Bonchev–Trinajstić information content (AvgIpc) is 3.00. The summed E-state index contributed by atoms with van der Waals surface area (Å²) < 4.78 is 17.6. The molecule has 0 spiro atoms. The van der Waals surface area contributed by atoms with Crippen LogP contribution in [0.3, 0.4) is 0 Å². The maximum Gasteiger partial charge on any atom is 0.500 e. The van der Waals surface area contributed by atoms with Crippen LogP contribution in [-0.4, -0.2) is 47.7 Å². The van der Waals surface area contributed by atoms with Gasteiger partial charge in [-0.3, -0.25) is 0 Å². The van der Waals surface area contributed by atoms with Crippen molar-refractivity contribution >= 4 is 14.8 Å². The summed E-state index contributed by atoms with van der Waals surface area (Å²) in [6.45, 7) is 11.3. The van der Waals surface area contributed by atoms with Crippen LogP contribution in [0.1, 0.15) is 188 Å². The maximum absolute atomic E-state index is 12.1. The molecule has 0 heterocycles. The van der Waals surface area contributed by atoms with E-state index in [0.717, 1.165) is 25.4 Å². The number of hydrogen-bond donors (Lipinski definition) is 2. The molecule has 0 saturated carbocycles. The van der Waals surface area contributed by atoms with E-state index in [-0.39, 0.29) is 6.03 Å². The van der Waals surface area contributed by atoms with Gasteiger partial charge in [0.25, 0.3) is 0 Å². The molecule has 258 valence electrons. The highest BCUT2D eigenvalue weighted by Crippen LogP contribution is 2.18. The first-order valence-electron chi connectivity index (χ1n) is 19.1. The third-order valence-electron chi connectivity index (χ3n) is 8.35. The fraction of sp³-hybridized carbons (Fsp3) is 0.972. The Hall–Kier alpha value is -0.633. The highest BCUT2D eigenvalue weighted by atomic mass is 28.4. The summed E-state index contributed by atoms with van der Waals surface area (Å²) in [4.78, 5) is 12.1. The van der Waals surface area contributed by atoms with Crippen LogP contribution in [0.2, 0.25) is 6.04 Å². The Morgan fingerprint density at radius 1 is 0.419 bits per heavy atom. The van der Waals surface area contributed by atoms with E-state index in [1.807, 2.05) is 20.8 Å². The van der Waals surface area contributed by atoms with Crippen molar-refractivity contribution in [1.29, 1.82) is 0 Å². The number of unbranched alkanes of at least 4 members (excludes halogenated alkanes) is 23. The van der Waals surface area contributed by atoms with Crippen LogP contribution in [0.4, 0.5) is 4.79 Å². The van der Waals surface area contributed by atoms with Gasteiger partial charge in [0.15, 0.2) is 0 Å². The van der Waals surface area contributed by atoms with Crippen LogP contribution in [0.25, 0.3) is 0 Å². The fourth-order valence-electron chi connectivity index (χ4n) is 5.86. The Kier molecular flexibility index (Phi) is 33.7. The first kappa shape index (κ1) is 42.4. The minimum Gasteiger partial charge on any atom is -0.374 e. The van der Waals surface area contributed by atoms with Gasteiger partial charge in [-0.15, -0.1) is 0 Å². The SMILES string of the molecule is CCCCCCCCCCCCCCCCCCCCCCCCCCNC(=O)NCCC[Si](OCC)(OCC)OCC. The van der Waals surface area contributed by atoms with Gasteiger partial charge in [0.05, 0.1) is 0 Å². The molecule has 0 atom stereocenters. The summed E-state index contributed by atoms with van der Waals surface area (Å²) >= 11 is 0. The predicted octanol–water partition coefficient (Wildman–Crippen LogP) is 11.1. The van der Waals surface area contributed by atoms with E-state index in [4.69, 9.17) is 13.3 Å². The van der Waals surface area contributed by atoms with Gasteiger partial charge in [-0.25, -0.2) is 4.79 Å². The number of carbonyl (C=O) groups excluding carboxylic acids is 1. The van der Waals surface area contributed by atoms with Gasteiger partial charge >= 0.3 is 14.8 Å². The lowest BCUT2D eigenvalue weighted by molar-refractivity contribution is 0.0708. The normalized spacial score (nSPS) is 11.7. The fourth-order valence-corrected chi connectivity index (χ4v) is 8.47. The second kappa shape index (κ2) is 34.2. The van der Waals surface area contributed by atoms with Crippen LogP contribution in [0, 0.1) is 0 Å². The van der Waals surface area contributed by atoms with E-state index >= 15 is 0 Å². The molecule has 0 radical (unpaired) electrons. The molecule has 0 aliphatic rings. The molecule has 0 aliphatic heterocycles. The minimum absolute atomic E-state index is 0.0782. The van der Waals surface area contributed by atoms with Gasteiger partial charge in [0.1, 0.15) is 0 Å². The van der Waals surface area contributed by atoms with E-state index in [9.17, 15) is 4.79 Å². The smallest absolute Gasteiger partial charge is 0.374 e. The molecule has 0 aromatic heterocycles. The van der Waals surface area contributed by atoms with Crippen molar-refractivity contribution in [3.63, 3.8) is 0 Å². The number of urea groups is 1. The van der Waals surface area contributed by atoms with E-state index in [1.54, 1.807) is 0 Å². The quantitative estimate of drug-likeness (QED) is 0.0541. The topological polar surface area (TPSA) is 68.8 Å². The van der Waals surface area contributed by atoms with Gasteiger partial charge in [-0.2, -0.15) is 0 Å². The third kappa shape index (κ3) is 29.8. The molecule has 0 aromatic rings. The first-order chi connectivity index (χ1) is 21.1. The van der Waals surface area contributed by atoms with Crippen molar-refractivity contribution in [1.82, 2.24) is 10.6 Å². The molecule has 7 heteroatoms. The summed E-state index contributed by atoms with van der Waals surface area (Å²) in [5, 5.41) is 5.94. The molecule has 0 saturated heterocycles. The van der Waals surface area contributed by atoms with Gasteiger partial charge in [-0.1, -0.05) is 155 Å². The van der Waals surface area contributed by atoms with Crippen molar-refractivity contribution in [3.8, 4) is 0 Å². The second-order valence-electron chi connectivity index (χ2n) is 12.4. The van der Waals surface area contributed by atoms with Crippen LogP contribution in [0.15, 0.2) is 0 Å². The number of carbonyl (C=O) groups is 1. The van der Waals surface area contributed by atoms with Gasteiger partial charge in [0.2, 0.25) is 0 Å². The lowest BCUT2D eigenvalue weighted by Gasteiger charge is -2.28. The molecule has 0 aromatic carbocycles. The third-order valence-corrected chi connectivity index (χ3v) is 11.5. The van der Waals surface area contributed by atoms with Crippen molar-refractivity contribution in [2.75, 3.05) is 32.9 Å². The molecular formula is C36H76N2O4Si. The molecule has 2 amide bonds. The van der Waals surface area contributed by atoms with Crippen LogP contribution < -0.4 is 10.6 Å². The van der Waals surface area contributed by atoms with Crippen molar-refractivity contribution in [2.24, 2.45) is 0 Å². The number of rotatable bonds is 35. The Morgan fingerprint density at radius 3 is 1.00 bits per heavy atom. The van der Waals surface area contributed by atoms with E-state index in [0.29, 0.717) is 26.4 Å². The summed E-state index contributed by atoms with van der Waals surface area (Å²) in [6, 6.07) is 0.646. The lowest BCUT2D eigenvalue weighted by Crippen LogP contribution is -2.46. The standard InChI is InChI=1S/C36H76N2O4Si/c1-5-9-10-11-12-13-14-15-16-17-18-19-20-21-22-23-24-25-26-27-28-29-30-31-33-37-36(39)38-34-32-35-43(40-6-2,41-7-3)42-8-4/h5-35H2,1-4H3,(H2,37,38,39). The maximum atomic E-state index is 12.1. The van der Waals surface area contributed by atoms with Crippen molar-refractivity contribution in [2.45, 2.75) is 194 Å². The number of amides is 2. The molecule has 0 unspecified atom stereocenters. The Labute approximate surface area is 270 Å². The molecule has 6 nitrogen and oxygen atoms in total. The minimum atomic E-state index is -2.61.